The fraction of sp³-hybridized carbons (Fsp3) is 0.333. The Balaban J connectivity index is 2.22. The third-order valence-corrected chi connectivity index (χ3v) is 5.34. The highest BCUT2D eigenvalue weighted by Crippen LogP contribution is 2.16. The van der Waals surface area contributed by atoms with Gasteiger partial charge in [-0.3, -0.25) is 0 Å². The molecule has 7 nitrogen and oxygen atoms in total. The molecule has 0 saturated carbocycles. The number of sulfone groups is 1. The second-order valence-electron chi connectivity index (χ2n) is 4.89. The molecule has 0 spiro atoms. The highest BCUT2D eigenvalue weighted by molar-refractivity contribution is 7.91. The minimum absolute atomic E-state index is 0.140. The van der Waals surface area contributed by atoms with Gasteiger partial charge in [0.05, 0.1) is 30.3 Å². The normalized spacial score (nSPS) is 17.0. The van der Waals surface area contributed by atoms with Gasteiger partial charge in [-0.25, -0.2) is 36.3 Å². The Labute approximate surface area is 129 Å². The average molecular weight is 348 g/mol. The monoisotopic (exact) mass is 347 g/mol. The van der Waals surface area contributed by atoms with Crippen molar-refractivity contribution in [1.29, 1.82) is 0 Å². The van der Waals surface area contributed by atoms with Gasteiger partial charge in [0.15, 0.2) is 9.84 Å². The van der Waals surface area contributed by atoms with Gasteiger partial charge in [-0.2, -0.15) is 0 Å². The molecule has 0 N–H and O–H groups in total. The van der Waals surface area contributed by atoms with Crippen molar-refractivity contribution in [2.24, 2.45) is 0 Å². The molecule has 0 unspecified atom stereocenters. The fourth-order valence-corrected chi connectivity index (χ4v) is 3.64. The molecule has 0 aliphatic carbocycles. The van der Waals surface area contributed by atoms with Crippen molar-refractivity contribution < 1.29 is 12.8 Å². The Hall–Kier alpha value is -1.87. The molecule has 1 aromatic carbocycles. The first kappa shape index (κ1) is 15.0. The smallest absolute Gasteiger partial charge is 0.246 e. The van der Waals surface area contributed by atoms with Gasteiger partial charge in [0, 0.05) is 5.02 Å². The van der Waals surface area contributed by atoms with Gasteiger partial charge in [-0.05, 0) is 18.2 Å². The molecule has 10 heteroatoms. The second-order valence-corrected chi connectivity index (χ2v) is 7.63. The zero-order valence-corrected chi connectivity index (χ0v) is 12.8. The van der Waals surface area contributed by atoms with Gasteiger partial charge in [-0.1, -0.05) is 11.6 Å². The lowest BCUT2D eigenvalue weighted by Crippen LogP contribution is -2.29. The maximum Gasteiger partial charge on any atom is 0.351 e. The zero-order valence-electron chi connectivity index (χ0n) is 11.2. The zero-order chi connectivity index (χ0) is 16.1. The number of benzene rings is 1. The van der Waals surface area contributed by atoms with Gasteiger partial charge < -0.3 is 0 Å². The Kier molecular flexibility index (Phi) is 3.48. The van der Waals surface area contributed by atoms with Crippen molar-refractivity contribution in [2.45, 2.75) is 13.1 Å². The third-order valence-electron chi connectivity index (χ3n) is 3.49. The van der Waals surface area contributed by atoms with E-state index in [-0.39, 0.29) is 35.3 Å². The summed E-state index contributed by atoms with van der Waals surface area (Å²) in [6.45, 7) is -0.281. The number of rotatable bonds is 1. The molecule has 2 heterocycles. The maximum absolute atomic E-state index is 14.0. The Morgan fingerprint density at radius 1 is 1.05 bits per heavy atom. The lowest BCUT2D eigenvalue weighted by atomic mass is 10.3. The number of aromatic nitrogens is 3. The van der Waals surface area contributed by atoms with Crippen molar-refractivity contribution in [2.75, 3.05) is 11.5 Å². The van der Waals surface area contributed by atoms with E-state index in [0.717, 1.165) is 15.4 Å². The van der Waals surface area contributed by atoms with E-state index in [0.29, 0.717) is 4.57 Å². The van der Waals surface area contributed by atoms with Gasteiger partial charge in [0.2, 0.25) is 0 Å². The predicted molar refractivity (Wildman–Crippen MR) is 77.9 cm³/mol. The molecule has 1 aromatic heterocycles. The van der Waals surface area contributed by atoms with Gasteiger partial charge in [0.25, 0.3) is 0 Å². The van der Waals surface area contributed by atoms with E-state index in [1.807, 2.05) is 0 Å². The van der Waals surface area contributed by atoms with Crippen molar-refractivity contribution in [1.82, 2.24) is 13.9 Å². The summed E-state index contributed by atoms with van der Waals surface area (Å²) in [5.74, 6) is -1.28. The van der Waals surface area contributed by atoms with E-state index in [4.69, 9.17) is 11.6 Å². The van der Waals surface area contributed by atoms with Crippen LogP contribution in [0.5, 0.6) is 0 Å². The van der Waals surface area contributed by atoms with E-state index >= 15 is 0 Å². The summed E-state index contributed by atoms with van der Waals surface area (Å²) >= 11 is 5.66. The topological polar surface area (TPSA) is 83.1 Å². The third kappa shape index (κ3) is 2.40. The fourth-order valence-electron chi connectivity index (χ4n) is 2.37. The van der Waals surface area contributed by atoms with Crippen molar-refractivity contribution in [3.05, 3.63) is 50.0 Å². The first-order valence-corrected chi connectivity index (χ1v) is 8.58. The molecule has 0 fully saturated rings. The summed E-state index contributed by atoms with van der Waals surface area (Å²) in [6, 6.07) is 3.60. The summed E-state index contributed by atoms with van der Waals surface area (Å²) in [4.78, 5) is 24.7. The van der Waals surface area contributed by atoms with Crippen LogP contribution in [0.15, 0.2) is 27.8 Å². The minimum Gasteiger partial charge on any atom is -0.246 e. The van der Waals surface area contributed by atoms with E-state index in [9.17, 15) is 22.4 Å². The predicted octanol–water partition coefficient (Wildman–Crippen LogP) is 0.0216. The number of nitrogens with zero attached hydrogens (tertiary/aromatic N) is 3. The van der Waals surface area contributed by atoms with Crippen LogP contribution in [-0.4, -0.2) is 33.9 Å². The Bertz CT molecular complexity index is 928. The van der Waals surface area contributed by atoms with E-state index < -0.39 is 27.0 Å². The molecule has 0 amide bonds. The minimum atomic E-state index is -3.30. The van der Waals surface area contributed by atoms with Crippen LogP contribution >= 0.6 is 11.6 Å². The van der Waals surface area contributed by atoms with E-state index in [2.05, 4.69) is 0 Å². The largest absolute Gasteiger partial charge is 0.351 e. The molecular formula is C12H11ClFN3O4S. The van der Waals surface area contributed by atoms with Crippen molar-refractivity contribution >= 4 is 21.4 Å². The van der Waals surface area contributed by atoms with Crippen LogP contribution in [0.1, 0.15) is 0 Å². The number of halogens is 2. The highest BCUT2D eigenvalue weighted by Gasteiger charge is 2.25. The molecule has 3 rings (SSSR count). The SMILES string of the molecule is O=c1n(-c2ccc(Cl)cc2F)c(=O)n2n1CCS(=O)(=O)CC2. The van der Waals surface area contributed by atoms with Crippen LogP contribution in [0.2, 0.25) is 5.02 Å². The molecule has 118 valence electrons. The van der Waals surface area contributed by atoms with Crippen LogP contribution in [0.25, 0.3) is 5.69 Å². The number of hydrogen-bond donors (Lipinski definition) is 0. The van der Waals surface area contributed by atoms with Crippen LogP contribution in [0.3, 0.4) is 0 Å². The first-order chi connectivity index (χ1) is 10.3. The van der Waals surface area contributed by atoms with Gasteiger partial charge in [-0.15, -0.1) is 0 Å². The molecule has 2 aromatic rings. The highest BCUT2D eigenvalue weighted by atomic mass is 35.5. The Morgan fingerprint density at radius 2 is 1.59 bits per heavy atom. The van der Waals surface area contributed by atoms with Crippen molar-refractivity contribution in [3.63, 3.8) is 0 Å². The van der Waals surface area contributed by atoms with Gasteiger partial charge >= 0.3 is 11.4 Å². The van der Waals surface area contributed by atoms with Crippen LogP contribution in [-0.2, 0) is 22.9 Å². The van der Waals surface area contributed by atoms with Crippen LogP contribution in [0.4, 0.5) is 4.39 Å². The maximum atomic E-state index is 14.0. The summed E-state index contributed by atoms with van der Waals surface area (Å²) < 4.78 is 39.9. The lowest BCUT2D eigenvalue weighted by molar-refractivity contribution is 0.480. The molecule has 1 aliphatic heterocycles. The molecule has 0 saturated heterocycles. The summed E-state index contributed by atoms with van der Waals surface area (Å²) in [5, 5.41) is 0.140. The molecule has 0 atom stereocenters. The molecular weight excluding hydrogens is 337 g/mol. The van der Waals surface area contributed by atoms with Crippen molar-refractivity contribution in [3.8, 4) is 5.69 Å². The van der Waals surface area contributed by atoms with Crippen LogP contribution in [0, 0.1) is 5.82 Å². The number of hydrogen-bond acceptors (Lipinski definition) is 4. The second kappa shape index (κ2) is 5.10. The summed E-state index contributed by atoms with van der Waals surface area (Å²) in [7, 11) is -3.30. The lowest BCUT2D eigenvalue weighted by Gasteiger charge is -2.02. The Morgan fingerprint density at radius 3 is 2.09 bits per heavy atom. The summed E-state index contributed by atoms with van der Waals surface area (Å²) in [5.41, 5.74) is -1.76. The molecule has 1 aliphatic rings. The van der Waals surface area contributed by atoms with E-state index in [1.165, 1.54) is 12.1 Å². The molecule has 22 heavy (non-hydrogen) atoms. The standard InChI is InChI=1S/C12H11ClFN3O4S/c13-8-1-2-10(9(14)7-8)17-11(18)15-3-5-22(20,21)6-4-16(15)12(17)19/h1-2,7H,3-6H2. The van der Waals surface area contributed by atoms with E-state index in [1.54, 1.807) is 0 Å². The molecule has 0 radical (unpaired) electrons. The summed E-state index contributed by atoms with van der Waals surface area (Å²) in [6.07, 6.45) is 0. The number of fused-ring (bicyclic) bond motifs is 1. The van der Waals surface area contributed by atoms with Gasteiger partial charge in [0.1, 0.15) is 5.82 Å². The first-order valence-electron chi connectivity index (χ1n) is 6.39. The quantitative estimate of drug-likeness (QED) is 0.728. The molecule has 0 bridgehead atoms. The average Bonchev–Trinajstić information content (AvgIpc) is 2.56. The van der Waals surface area contributed by atoms with Crippen LogP contribution < -0.4 is 11.4 Å².